The number of rotatable bonds is 14. The number of carbonyl (C=O) groups excluding carboxylic acids is 3. The molecule has 3 aliphatic heterocycles. The van der Waals surface area contributed by atoms with Gasteiger partial charge >= 0.3 is 0 Å². The number of thioether (sulfide) groups is 1. The Hall–Kier alpha value is -3.56. The molecule has 5 rings (SSSR count). The highest BCUT2D eigenvalue weighted by Gasteiger charge is 2.74. The van der Waals surface area contributed by atoms with Gasteiger partial charge in [0.2, 0.25) is 11.8 Å². The number of fused-ring (bicyclic) bond motifs is 1. The summed E-state index contributed by atoms with van der Waals surface area (Å²) in [6.45, 7) is 14.1. The number of anilines is 2. The number of amides is 3. The Balaban J connectivity index is 1.58. The van der Waals surface area contributed by atoms with Gasteiger partial charge in [-0.15, -0.1) is 24.9 Å². The average molecular weight is 631 g/mol. The molecule has 0 aliphatic carbocycles. The molecular weight excluding hydrogens is 584 g/mol. The van der Waals surface area contributed by atoms with E-state index in [-0.39, 0.29) is 36.1 Å². The molecule has 3 heterocycles. The molecule has 3 fully saturated rings. The summed E-state index contributed by atoms with van der Waals surface area (Å²) in [4.78, 5) is 50.8. The van der Waals surface area contributed by atoms with Crippen LogP contribution in [-0.2, 0) is 20.8 Å². The molecule has 0 radical (unpaired) electrons. The van der Waals surface area contributed by atoms with Gasteiger partial charge in [-0.05, 0) is 62.9 Å². The zero-order valence-corrected chi connectivity index (χ0v) is 27.5. The van der Waals surface area contributed by atoms with Crippen LogP contribution >= 0.6 is 11.8 Å². The van der Waals surface area contributed by atoms with Crippen molar-refractivity contribution in [2.75, 3.05) is 49.6 Å². The van der Waals surface area contributed by atoms with E-state index in [2.05, 4.69) is 31.9 Å². The first-order chi connectivity index (χ1) is 21.8. The van der Waals surface area contributed by atoms with Crippen molar-refractivity contribution in [1.82, 2.24) is 9.80 Å². The minimum atomic E-state index is -0.837. The molecule has 3 amide bonds. The number of likely N-dealkylation sites (tertiary alicyclic amines) is 1. The van der Waals surface area contributed by atoms with Crippen molar-refractivity contribution in [3.63, 3.8) is 0 Å². The van der Waals surface area contributed by atoms with E-state index in [1.165, 1.54) is 0 Å². The Morgan fingerprint density at radius 2 is 1.67 bits per heavy atom. The number of aliphatic hydroxyl groups is 1. The molecule has 1 spiro atoms. The second-order valence-electron chi connectivity index (χ2n) is 12.3. The predicted octanol–water partition coefficient (Wildman–Crippen LogP) is 4.39. The molecular formula is C36H46N4O4S. The maximum atomic E-state index is 15.0. The van der Waals surface area contributed by atoms with E-state index < -0.39 is 28.7 Å². The average Bonchev–Trinajstić information content (AvgIpc) is 3.71. The van der Waals surface area contributed by atoms with Crippen molar-refractivity contribution in [3.8, 4) is 0 Å². The van der Waals surface area contributed by atoms with Crippen LogP contribution in [0.25, 0.3) is 0 Å². The Morgan fingerprint density at radius 3 is 2.27 bits per heavy atom. The third-order valence-electron chi connectivity index (χ3n) is 9.82. The molecule has 2 bridgehead atoms. The van der Waals surface area contributed by atoms with Crippen molar-refractivity contribution in [3.05, 3.63) is 85.5 Å². The highest BCUT2D eigenvalue weighted by molar-refractivity contribution is 8.02. The molecule has 2 aromatic carbocycles. The summed E-state index contributed by atoms with van der Waals surface area (Å²) in [6, 6.07) is 16.2. The fourth-order valence-electron chi connectivity index (χ4n) is 7.75. The smallest absolute Gasteiger partial charge is 0.251 e. The van der Waals surface area contributed by atoms with Gasteiger partial charge < -0.3 is 24.7 Å². The fraction of sp³-hybridized carbons (Fsp3) is 0.472. The standard InChI is InChI=1S/C36H46N4O4S/c1-6-21-37(5)33(42)30-29-19-20-36(45-29)31(30)34(43)40(28(24-41)23-25-13-11-10-12-14-25)32(36)35(44)39(22-7-2)27-17-15-26(16-18-27)38(8-3)9-4/h6-7,10-18,28-32,41H,1-2,8-9,19-24H2,3-5H3/t28-,29-,30+,31+,32?,36?/m1/s1. The minimum absolute atomic E-state index is 0.0425. The lowest BCUT2D eigenvalue weighted by atomic mass is 9.70. The molecule has 3 saturated heterocycles. The number of carbonyl (C=O) groups is 3. The second kappa shape index (κ2) is 13.8. The lowest BCUT2D eigenvalue weighted by molar-refractivity contribution is -0.144. The van der Waals surface area contributed by atoms with Crippen LogP contribution in [0.15, 0.2) is 79.9 Å². The molecule has 1 N–H and O–H groups in total. The van der Waals surface area contributed by atoms with Crippen molar-refractivity contribution in [1.29, 1.82) is 0 Å². The quantitative estimate of drug-likeness (QED) is 0.312. The SMILES string of the molecule is C=CCN(C)C(=O)[C@@H]1[C@H]2C(=O)N([C@@H](CO)Cc3ccccc3)C(C(=O)N(CC=C)c3ccc(N(CC)CC)cc3)C23CC[C@H]1S3. The maximum Gasteiger partial charge on any atom is 0.251 e. The Morgan fingerprint density at radius 1 is 1.02 bits per heavy atom. The normalized spacial score (nSPS) is 25.5. The van der Waals surface area contributed by atoms with Gasteiger partial charge in [0.15, 0.2) is 0 Å². The summed E-state index contributed by atoms with van der Waals surface area (Å²) >= 11 is 1.65. The molecule has 6 atom stereocenters. The summed E-state index contributed by atoms with van der Waals surface area (Å²) in [6.07, 6.45) is 5.21. The number of aliphatic hydroxyl groups excluding tert-OH is 1. The first-order valence-electron chi connectivity index (χ1n) is 16.0. The summed E-state index contributed by atoms with van der Waals surface area (Å²) < 4.78 is -0.765. The van der Waals surface area contributed by atoms with Gasteiger partial charge in [0, 0.05) is 49.9 Å². The van der Waals surface area contributed by atoms with Crippen LogP contribution in [0.2, 0.25) is 0 Å². The van der Waals surface area contributed by atoms with Gasteiger partial charge in [-0.25, -0.2) is 0 Å². The van der Waals surface area contributed by atoms with Gasteiger partial charge in [-0.3, -0.25) is 14.4 Å². The summed E-state index contributed by atoms with van der Waals surface area (Å²) in [5.74, 6) is -1.67. The highest BCUT2D eigenvalue weighted by Crippen LogP contribution is 2.67. The first kappa shape index (κ1) is 32.8. The topological polar surface area (TPSA) is 84.4 Å². The van der Waals surface area contributed by atoms with Crippen LogP contribution < -0.4 is 9.80 Å². The third kappa shape index (κ3) is 5.81. The van der Waals surface area contributed by atoms with Crippen LogP contribution in [-0.4, -0.2) is 94.5 Å². The van der Waals surface area contributed by atoms with Crippen molar-refractivity contribution >= 4 is 40.9 Å². The van der Waals surface area contributed by atoms with E-state index in [0.717, 1.165) is 36.4 Å². The fourth-order valence-corrected chi connectivity index (χ4v) is 9.94. The van der Waals surface area contributed by atoms with Crippen LogP contribution in [0.1, 0.15) is 32.3 Å². The molecule has 2 unspecified atom stereocenters. The summed E-state index contributed by atoms with van der Waals surface area (Å²) in [5, 5.41) is 10.7. The van der Waals surface area contributed by atoms with Gasteiger partial charge in [-0.1, -0.05) is 42.5 Å². The molecule has 9 heteroatoms. The molecule has 3 aliphatic rings. The Kier molecular flexibility index (Phi) is 10.1. The molecule has 0 aromatic heterocycles. The first-order valence-corrected chi connectivity index (χ1v) is 16.9. The van der Waals surface area contributed by atoms with Gasteiger partial charge in [0.05, 0.1) is 29.2 Å². The van der Waals surface area contributed by atoms with Crippen LogP contribution in [0.3, 0.4) is 0 Å². The van der Waals surface area contributed by atoms with Gasteiger partial charge in [0.1, 0.15) is 6.04 Å². The summed E-state index contributed by atoms with van der Waals surface area (Å²) in [5.41, 5.74) is 2.77. The van der Waals surface area contributed by atoms with Gasteiger partial charge in [-0.2, -0.15) is 0 Å². The number of hydrogen-bond acceptors (Lipinski definition) is 6. The maximum absolute atomic E-state index is 15.0. The van der Waals surface area contributed by atoms with E-state index in [0.29, 0.717) is 19.4 Å². The lowest BCUT2D eigenvalue weighted by Gasteiger charge is -2.39. The molecule has 0 saturated carbocycles. The zero-order valence-electron chi connectivity index (χ0n) is 26.7. The number of hydrogen-bond donors (Lipinski definition) is 1. The third-order valence-corrected chi connectivity index (χ3v) is 11.8. The number of likely N-dealkylation sites (N-methyl/N-ethyl adjacent to an activating group) is 1. The van der Waals surface area contributed by atoms with E-state index in [4.69, 9.17) is 0 Å². The predicted molar refractivity (Wildman–Crippen MR) is 182 cm³/mol. The van der Waals surface area contributed by atoms with Crippen LogP contribution in [0.4, 0.5) is 11.4 Å². The monoisotopic (exact) mass is 630 g/mol. The lowest BCUT2D eigenvalue weighted by Crippen LogP contribution is -2.58. The molecule has 8 nitrogen and oxygen atoms in total. The number of nitrogens with zero attached hydrogens (tertiary/aromatic N) is 4. The van der Waals surface area contributed by atoms with E-state index in [9.17, 15) is 14.7 Å². The van der Waals surface area contributed by atoms with Crippen molar-refractivity contribution in [2.45, 2.75) is 55.2 Å². The second-order valence-corrected chi connectivity index (χ2v) is 13.9. The molecule has 240 valence electrons. The highest BCUT2D eigenvalue weighted by atomic mass is 32.2. The van der Waals surface area contributed by atoms with Crippen LogP contribution in [0.5, 0.6) is 0 Å². The Bertz CT molecular complexity index is 1400. The molecule has 45 heavy (non-hydrogen) atoms. The van der Waals surface area contributed by atoms with Crippen molar-refractivity contribution < 1.29 is 19.5 Å². The van der Waals surface area contributed by atoms with Crippen molar-refractivity contribution in [2.24, 2.45) is 11.8 Å². The summed E-state index contributed by atoms with van der Waals surface area (Å²) in [7, 11) is 1.74. The number of benzene rings is 2. The largest absolute Gasteiger partial charge is 0.394 e. The van der Waals surface area contributed by atoms with E-state index in [1.54, 1.807) is 45.7 Å². The Labute approximate surface area is 271 Å². The van der Waals surface area contributed by atoms with E-state index >= 15 is 4.79 Å². The van der Waals surface area contributed by atoms with E-state index in [1.807, 2.05) is 54.6 Å². The molecule has 2 aromatic rings. The van der Waals surface area contributed by atoms with Gasteiger partial charge in [0.25, 0.3) is 5.91 Å². The van der Waals surface area contributed by atoms with Crippen LogP contribution in [0, 0.1) is 11.8 Å². The minimum Gasteiger partial charge on any atom is -0.394 e. The zero-order chi connectivity index (χ0) is 32.3.